The van der Waals surface area contributed by atoms with E-state index in [1.54, 1.807) is 11.3 Å². The van der Waals surface area contributed by atoms with Crippen LogP contribution in [0.5, 0.6) is 0 Å². The third-order valence-corrected chi connectivity index (χ3v) is 4.70. The van der Waals surface area contributed by atoms with Crippen LogP contribution in [0, 0.1) is 13.8 Å². The molecule has 1 heterocycles. The molecule has 1 aromatic rings. The highest BCUT2D eigenvalue weighted by Crippen LogP contribution is 2.16. The van der Waals surface area contributed by atoms with E-state index in [-0.39, 0.29) is 24.0 Å². The minimum absolute atomic E-state index is 0. The van der Waals surface area contributed by atoms with E-state index in [4.69, 9.17) is 0 Å². The number of aliphatic imine (C=N–C) groups is 1. The molecule has 0 atom stereocenters. The smallest absolute Gasteiger partial charge is 0.191 e. The Morgan fingerprint density at radius 2 is 1.78 bits per heavy atom. The fourth-order valence-electron chi connectivity index (χ4n) is 2.54. The lowest BCUT2D eigenvalue weighted by molar-refractivity contribution is 0.178. The summed E-state index contributed by atoms with van der Waals surface area (Å²) in [6, 6.07) is 1.11. The van der Waals surface area contributed by atoms with Crippen LogP contribution in [0.2, 0.25) is 0 Å². The quantitative estimate of drug-likeness (QED) is 0.379. The van der Waals surface area contributed by atoms with Gasteiger partial charge in [0.2, 0.25) is 0 Å². The first-order valence-corrected chi connectivity index (χ1v) is 8.80. The fourth-order valence-corrected chi connectivity index (χ4v) is 3.42. The first-order chi connectivity index (χ1) is 10.3. The summed E-state index contributed by atoms with van der Waals surface area (Å²) in [6.45, 7) is 15.7. The van der Waals surface area contributed by atoms with Crippen molar-refractivity contribution in [1.82, 2.24) is 20.5 Å². The maximum absolute atomic E-state index is 4.45. The van der Waals surface area contributed by atoms with Crippen LogP contribution in [0.25, 0.3) is 0 Å². The van der Waals surface area contributed by atoms with Crippen molar-refractivity contribution in [1.29, 1.82) is 0 Å². The van der Waals surface area contributed by atoms with Gasteiger partial charge >= 0.3 is 0 Å². The molecular formula is C16H32IN5S. The molecule has 0 fully saturated rings. The summed E-state index contributed by atoms with van der Waals surface area (Å²) < 4.78 is 0. The Labute approximate surface area is 162 Å². The van der Waals surface area contributed by atoms with E-state index in [1.807, 2.05) is 14.0 Å². The minimum Gasteiger partial charge on any atom is -0.355 e. The van der Waals surface area contributed by atoms with E-state index in [9.17, 15) is 0 Å². The molecule has 0 spiro atoms. The number of nitrogens with zero attached hydrogens (tertiary/aromatic N) is 3. The van der Waals surface area contributed by atoms with Gasteiger partial charge in [0.05, 0.1) is 17.2 Å². The summed E-state index contributed by atoms with van der Waals surface area (Å²) in [4.78, 5) is 12.5. The maximum Gasteiger partial charge on any atom is 0.191 e. The largest absolute Gasteiger partial charge is 0.355 e. The molecule has 23 heavy (non-hydrogen) atoms. The Morgan fingerprint density at radius 1 is 1.17 bits per heavy atom. The topological polar surface area (TPSA) is 52.6 Å². The van der Waals surface area contributed by atoms with Gasteiger partial charge in [0.25, 0.3) is 0 Å². The van der Waals surface area contributed by atoms with Crippen LogP contribution in [0.15, 0.2) is 4.99 Å². The van der Waals surface area contributed by atoms with E-state index in [1.165, 1.54) is 4.88 Å². The summed E-state index contributed by atoms with van der Waals surface area (Å²) in [5, 5.41) is 7.86. The van der Waals surface area contributed by atoms with Crippen LogP contribution in [0.3, 0.4) is 0 Å². The Kier molecular flexibility index (Phi) is 11.0. The highest BCUT2D eigenvalue weighted by Gasteiger charge is 2.12. The first kappa shape index (κ1) is 22.6. The van der Waals surface area contributed by atoms with Crippen molar-refractivity contribution >= 4 is 41.3 Å². The van der Waals surface area contributed by atoms with E-state index in [0.717, 1.165) is 36.3 Å². The maximum atomic E-state index is 4.45. The fraction of sp³-hybridized carbons (Fsp3) is 0.750. The van der Waals surface area contributed by atoms with Crippen molar-refractivity contribution in [2.45, 2.75) is 60.2 Å². The van der Waals surface area contributed by atoms with Crippen LogP contribution in [-0.4, -0.2) is 48.1 Å². The molecule has 134 valence electrons. The lowest BCUT2D eigenvalue weighted by Gasteiger charge is -2.30. The van der Waals surface area contributed by atoms with Gasteiger partial charge in [-0.1, -0.05) is 0 Å². The molecule has 0 aliphatic rings. The molecule has 1 rings (SSSR count). The van der Waals surface area contributed by atoms with Crippen molar-refractivity contribution < 1.29 is 0 Å². The lowest BCUT2D eigenvalue weighted by atomic mass is 10.2. The molecule has 0 amide bonds. The molecule has 0 aromatic carbocycles. The van der Waals surface area contributed by atoms with Gasteiger partial charge in [0.1, 0.15) is 0 Å². The molecule has 5 nitrogen and oxygen atoms in total. The number of nitrogens with one attached hydrogen (secondary N) is 2. The second kappa shape index (κ2) is 11.2. The number of hydrogen-bond donors (Lipinski definition) is 2. The summed E-state index contributed by atoms with van der Waals surface area (Å²) in [5.41, 5.74) is 1.11. The van der Waals surface area contributed by atoms with E-state index in [0.29, 0.717) is 12.1 Å². The third kappa shape index (κ3) is 7.80. The number of halogens is 1. The standard InChI is InChI=1S/C16H31N5S.HI/c1-11(2)21(12(3)4)9-8-18-16(17-7)19-10-15-13(5)20-14(6)22-15;/h11-12H,8-10H2,1-7H3,(H2,17,18,19);1H. The summed E-state index contributed by atoms with van der Waals surface area (Å²) >= 11 is 1.74. The highest BCUT2D eigenvalue weighted by molar-refractivity contribution is 14.0. The average molecular weight is 453 g/mol. The molecule has 0 saturated heterocycles. The predicted octanol–water partition coefficient (Wildman–Crippen LogP) is 3.16. The van der Waals surface area contributed by atoms with Crippen molar-refractivity contribution in [3.63, 3.8) is 0 Å². The second-order valence-electron chi connectivity index (χ2n) is 6.02. The molecule has 0 unspecified atom stereocenters. The van der Waals surface area contributed by atoms with Crippen molar-refractivity contribution in [3.05, 3.63) is 15.6 Å². The lowest BCUT2D eigenvalue weighted by Crippen LogP contribution is -2.45. The first-order valence-electron chi connectivity index (χ1n) is 7.98. The van der Waals surface area contributed by atoms with Crippen LogP contribution < -0.4 is 10.6 Å². The summed E-state index contributed by atoms with van der Waals surface area (Å²) in [7, 11) is 1.81. The Morgan fingerprint density at radius 3 is 2.22 bits per heavy atom. The van der Waals surface area contributed by atoms with Crippen LogP contribution in [-0.2, 0) is 6.54 Å². The van der Waals surface area contributed by atoms with E-state index in [2.05, 4.69) is 60.1 Å². The van der Waals surface area contributed by atoms with Gasteiger partial charge in [0.15, 0.2) is 5.96 Å². The Balaban J connectivity index is 0.00000484. The average Bonchev–Trinajstić information content (AvgIpc) is 2.75. The molecule has 0 saturated carbocycles. The molecular weight excluding hydrogens is 421 g/mol. The predicted molar refractivity (Wildman–Crippen MR) is 112 cm³/mol. The zero-order valence-electron chi connectivity index (χ0n) is 15.4. The number of aromatic nitrogens is 1. The Bertz CT molecular complexity index is 477. The number of aryl methyl sites for hydroxylation is 2. The number of guanidine groups is 1. The van der Waals surface area contributed by atoms with Crippen LogP contribution in [0.4, 0.5) is 0 Å². The molecule has 7 heteroatoms. The molecule has 0 aliphatic carbocycles. The molecule has 0 radical (unpaired) electrons. The van der Waals surface area contributed by atoms with E-state index >= 15 is 0 Å². The number of hydrogen-bond acceptors (Lipinski definition) is 4. The van der Waals surface area contributed by atoms with Gasteiger partial charge in [-0.05, 0) is 41.5 Å². The molecule has 2 N–H and O–H groups in total. The van der Waals surface area contributed by atoms with Gasteiger partial charge in [-0.15, -0.1) is 35.3 Å². The highest BCUT2D eigenvalue weighted by atomic mass is 127. The van der Waals surface area contributed by atoms with Crippen molar-refractivity contribution in [2.75, 3.05) is 20.1 Å². The zero-order valence-corrected chi connectivity index (χ0v) is 18.6. The monoisotopic (exact) mass is 453 g/mol. The van der Waals surface area contributed by atoms with Crippen LogP contribution in [0.1, 0.15) is 43.3 Å². The van der Waals surface area contributed by atoms with Crippen LogP contribution >= 0.6 is 35.3 Å². The van der Waals surface area contributed by atoms with Crippen molar-refractivity contribution in [3.8, 4) is 0 Å². The normalized spacial score (nSPS) is 12.0. The Hall–Kier alpha value is -0.410. The summed E-state index contributed by atoms with van der Waals surface area (Å²) in [6.07, 6.45) is 0. The van der Waals surface area contributed by atoms with Gasteiger partial charge in [-0.25, -0.2) is 4.98 Å². The molecule has 0 bridgehead atoms. The van der Waals surface area contributed by atoms with E-state index < -0.39 is 0 Å². The SMILES string of the molecule is CN=C(NCCN(C(C)C)C(C)C)NCc1sc(C)nc1C.I. The minimum atomic E-state index is 0. The third-order valence-electron chi connectivity index (χ3n) is 3.63. The second-order valence-corrected chi connectivity index (χ2v) is 7.31. The zero-order chi connectivity index (χ0) is 16.7. The van der Waals surface area contributed by atoms with Gasteiger partial charge in [0, 0.05) is 37.1 Å². The van der Waals surface area contributed by atoms with Gasteiger partial charge in [-0.3, -0.25) is 9.89 Å². The molecule has 1 aromatic heterocycles. The van der Waals surface area contributed by atoms with Gasteiger partial charge < -0.3 is 10.6 Å². The number of thiazole rings is 1. The number of rotatable bonds is 7. The summed E-state index contributed by atoms with van der Waals surface area (Å²) in [5.74, 6) is 0.845. The van der Waals surface area contributed by atoms with Gasteiger partial charge in [-0.2, -0.15) is 0 Å². The van der Waals surface area contributed by atoms with Crippen molar-refractivity contribution in [2.24, 2.45) is 4.99 Å². The molecule has 0 aliphatic heterocycles.